The highest BCUT2D eigenvalue weighted by atomic mass is 16.5. The van der Waals surface area contributed by atoms with Crippen LogP contribution >= 0.6 is 0 Å². The molecule has 1 N–H and O–H groups in total. The van der Waals surface area contributed by atoms with E-state index in [2.05, 4.69) is 22.4 Å². The minimum atomic E-state index is -0.0989. The molecule has 0 radical (unpaired) electrons. The molecule has 0 saturated carbocycles. The Hall–Kier alpha value is -3.12. The van der Waals surface area contributed by atoms with Gasteiger partial charge in [-0.15, -0.1) is 0 Å². The lowest BCUT2D eigenvalue weighted by Crippen LogP contribution is -2.22. The number of nitrogens with zero attached hydrogens (tertiary/aromatic N) is 2. The van der Waals surface area contributed by atoms with Gasteiger partial charge in [-0.1, -0.05) is 24.3 Å². The Balaban J connectivity index is 1.24. The number of hydrogen-bond acceptors (Lipinski definition) is 4. The molecular formula is C23H25N3O3. The number of carbonyl (C=O) groups excluding carboxylic acids is 1. The molecule has 6 nitrogen and oxygen atoms in total. The van der Waals surface area contributed by atoms with Crippen LogP contribution in [0.5, 0.6) is 5.75 Å². The van der Waals surface area contributed by atoms with Gasteiger partial charge in [0.15, 0.2) is 0 Å². The van der Waals surface area contributed by atoms with Crippen LogP contribution in [0.3, 0.4) is 0 Å². The van der Waals surface area contributed by atoms with Gasteiger partial charge in [0, 0.05) is 37.7 Å². The van der Waals surface area contributed by atoms with E-state index < -0.39 is 0 Å². The van der Waals surface area contributed by atoms with Crippen molar-refractivity contribution in [2.75, 3.05) is 13.2 Å². The predicted molar refractivity (Wildman–Crippen MR) is 110 cm³/mol. The van der Waals surface area contributed by atoms with Gasteiger partial charge in [0.05, 0.1) is 12.4 Å². The van der Waals surface area contributed by atoms with E-state index in [0.29, 0.717) is 18.7 Å². The number of nitrogens with one attached hydrogen (secondary N) is 1. The first-order chi connectivity index (χ1) is 14.3. The van der Waals surface area contributed by atoms with Crippen molar-refractivity contribution < 1.29 is 14.3 Å². The zero-order valence-electron chi connectivity index (χ0n) is 16.3. The van der Waals surface area contributed by atoms with E-state index >= 15 is 0 Å². The van der Waals surface area contributed by atoms with E-state index in [0.717, 1.165) is 37.3 Å². The molecule has 1 aliphatic rings. The maximum atomic E-state index is 12.4. The molecule has 1 fully saturated rings. The molecule has 4 rings (SSSR count). The standard InChI is InChI=1S/C23H25N3O3/c27-23(20-7-9-21(10-8-20)29-16-22-2-1-13-28-22)25-14-18-3-5-19(6-4-18)15-26-12-11-24-17-26/h3-12,17,22H,1-2,13-16H2,(H,25,27). The topological polar surface area (TPSA) is 65.4 Å². The summed E-state index contributed by atoms with van der Waals surface area (Å²) in [5.74, 6) is 0.656. The Bertz CT molecular complexity index is 900. The Morgan fingerprint density at radius 1 is 1.14 bits per heavy atom. The number of amides is 1. The van der Waals surface area contributed by atoms with Crippen LogP contribution in [0.25, 0.3) is 0 Å². The third kappa shape index (κ3) is 5.45. The van der Waals surface area contributed by atoms with Crippen LogP contribution in [0.15, 0.2) is 67.3 Å². The molecule has 0 bridgehead atoms. The first-order valence-electron chi connectivity index (χ1n) is 9.92. The Morgan fingerprint density at radius 3 is 2.62 bits per heavy atom. The van der Waals surface area contributed by atoms with Gasteiger partial charge in [-0.3, -0.25) is 4.79 Å². The first-order valence-corrected chi connectivity index (χ1v) is 9.92. The zero-order valence-corrected chi connectivity index (χ0v) is 16.3. The van der Waals surface area contributed by atoms with Crippen molar-refractivity contribution in [1.82, 2.24) is 14.9 Å². The Labute approximate surface area is 170 Å². The second-order valence-electron chi connectivity index (χ2n) is 7.20. The summed E-state index contributed by atoms with van der Waals surface area (Å²) in [4.78, 5) is 16.4. The van der Waals surface area contributed by atoms with Crippen LogP contribution in [-0.4, -0.2) is 34.8 Å². The highest BCUT2D eigenvalue weighted by Gasteiger charge is 2.16. The van der Waals surface area contributed by atoms with Crippen LogP contribution in [0, 0.1) is 0 Å². The van der Waals surface area contributed by atoms with Crippen LogP contribution in [0.1, 0.15) is 34.3 Å². The molecule has 6 heteroatoms. The number of imidazole rings is 1. The molecule has 1 unspecified atom stereocenters. The molecular weight excluding hydrogens is 366 g/mol. The average Bonchev–Trinajstić information content (AvgIpc) is 3.46. The maximum Gasteiger partial charge on any atom is 0.251 e. The molecule has 0 aliphatic carbocycles. The van der Waals surface area contributed by atoms with Crippen LogP contribution < -0.4 is 10.1 Å². The van der Waals surface area contributed by atoms with E-state index in [-0.39, 0.29) is 12.0 Å². The summed E-state index contributed by atoms with van der Waals surface area (Å²) in [6.45, 7) is 2.65. The van der Waals surface area contributed by atoms with Gasteiger partial charge >= 0.3 is 0 Å². The van der Waals surface area contributed by atoms with Crippen molar-refractivity contribution >= 4 is 5.91 Å². The summed E-state index contributed by atoms with van der Waals surface area (Å²) < 4.78 is 13.3. The first kappa shape index (κ1) is 19.2. The number of ether oxygens (including phenoxy) is 2. The lowest BCUT2D eigenvalue weighted by molar-refractivity contribution is 0.0679. The zero-order chi connectivity index (χ0) is 19.9. The van der Waals surface area contributed by atoms with Gasteiger partial charge in [-0.2, -0.15) is 0 Å². The quantitative estimate of drug-likeness (QED) is 0.639. The molecule has 1 atom stereocenters. The molecule has 1 aliphatic heterocycles. The van der Waals surface area contributed by atoms with E-state index in [1.54, 1.807) is 24.7 Å². The fraction of sp³-hybridized carbons (Fsp3) is 0.304. The third-order valence-corrected chi connectivity index (χ3v) is 4.98. The molecule has 150 valence electrons. The summed E-state index contributed by atoms with van der Waals surface area (Å²) in [7, 11) is 0. The van der Waals surface area contributed by atoms with Gasteiger partial charge in [0.25, 0.3) is 5.91 Å². The summed E-state index contributed by atoms with van der Waals surface area (Å²) in [5.41, 5.74) is 2.87. The lowest BCUT2D eigenvalue weighted by atomic mass is 10.1. The molecule has 1 saturated heterocycles. The number of benzene rings is 2. The number of carbonyl (C=O) groups is 1. The van der Waals surface area contributed by atoms with Gasteiger partial charge in [-0.25, -0.2) is 4.98 Å². The van der Waals surface area contributed by atoms with Gasteiger partial charge in [0.1, 0.15) is 12.4 Å². The fourth-order valence-corrected chi connectivity index (χ4v) is 3.31. The molecule has 1 aromatic heterocycles. The number of aromatic nitrogens is 2. The highest BCUT2D eigenvalue weighted by Crippen LogP contribution is 2.17. The predicted octanol–water partition coefficient (Wildman–Crippen LogP) is 3.42. The molecule has 3 aromatic rings. The summed E-state index contributed by atoms with van der Waals surface area (Å²) >= 11 is 0. The van der Waals surface area contributed by atoms with Crippen LogP contribution in [-0.2, 0) is 17.8 Å². The van der Waals surface area contributed by atoms with Gasteiger partial charge in [0.2, 0.25) is 0 Å². The van der Waals surface area contributed by atoms with Crippen molar-refractivity contribution in [1.29, 1.82) is 0 Å². The summed E-state index contributed by atoms with van der Waals surface area (Å²) in [6.07, 6.45) is 7.84. The summed E-state index contributed by atoms with van der Waals surface area (Å²) in [6, 6.07) is 15.4. The van der Waals surface area contributed by atoms with E-state index in [1.807, 2.05) is 35.0 Å². The molecule has 29 heavy (non-hydrogen) atoms. The van der Waals surface area contributed by atoms with Crippen molar-refractivity contribution in [3.8, 4) is 5.75 Å². The monoisotopic (exact) mass is 391 g/mol. The number of hydrogen-bond donors (Lipinski definition) is 1. The van der Waals surface area contributed by atoms with Crippen molar-refractivity contribution in [3.05, 3.63) is 83.9 Å². The maximum absolute atomic E-state index is 12.4. The minimum Gasteiger partial charge on any atom is -0.491 e. The smallest absolute Gasteiger partial charge is 0.251 e. The second-order valence-corrected chi connectivity index (χ2v) is 7.20. The largest absolute Gasteiger partial charge is 0.491 e. The average molecular weight is 391 g/mol. The van der Waals surface area contributed by atoms with E-state index in [9.17, 15) is 4.79 Å². The van der Waals surface area contributed by atoms with Crippen LogP contribution in [0.4, 0.5) is 0 Å². The van der Waals surface area contributed by atoms with E-state index in [1.165, 1.54) is 5.56 Å². The molecule has 0 spiro atoms. The number of rotatable bonds is 8. The van der Waals surface area contributed by atoms with Gasteiger partial charge in [-0.05, 0) is 48.2 Å². The van der Waals surface area contributed by atoms with Gasteiger partial charge < -0.3 is 19.4 Å². The Morgan fingerprint density at radius 2 is 1.93 bits per heavy atom. The van der Waals surface area contributed by atoms with E-state index in [4.69, 9.17) is 9.47 Å². The molecule has 1 amide bonds. The highest BCUT2D eigenvalue weighted by molar-refractivity contribution is 5.94. The fourth-order valence-electron chi connectivity index (χ4n) is 3.31. The normalized spacial score (nSPS) is 15.9. The minimum absolute atomic E-state index is 0.0989. The molecule has 2 aromatic carbocycles. The van der Waals surface area contributed by atoms with Crippen molar-refractivity contribution in [2.45, 2.75) is 32.0 Å². The van der Waals surface area contributed by atoms with Crippen LogP contribution in [0.2, 0.25) is 0 Å². The molecule has 2 heterocycles. The lowest BCUT2D eigenvalue weighted by Gasteiger charge is -2.12. The second kappa shape index (κ2) is 9.39. The summed E-state index contributed by atoms with van der Waals surface area (Å²) in [5, 5.41) is 2.96. The van der Waals surface area contributed by atoms with Crippen molar-refractivity contribution in [3.63, 3.8) is 0 Å². The van der Waals surface area contributed by atoms with Crippen molar-refractivity contribution in [2.24, 2.45) is 0 Å². The SMILES string of the molecule is O=C(NCc1ccc(Cn2ccnc2)cc1)c1ccc(OCC2CCCO2)cc1. The third-order valence-electron chi connectivity index (χ3n) is 4.98. The Kier molecular flexibility index (Phi) is 6.22.